The van der Waals surface area contributed by atoms with Gasteiger partial charge in [0.25, 0.3) is 0 Å². The summed E-state index contributed by atoms with van der Waals surface area (Å²) in [5.41, 5.74) is 5.14. The molecule has 162 valence electrons. The lowest BCUT2D eigenvalue weighted by Crippen LogP contribution is -2.48. The van der Waals surface area contributed by atoms with E-state index in [1.165, 1.54) is 0 Å². The van der Waals surface area contributed by atoms with Gasteiger partial charge in [0, 0.05) is 25.6 Å². The standard InChI is InChI=1S/C17H15F6N5O2/c18-9-7-11(20)10(19)6-8(9)2-1-3-12(29)27-4-5-28-15(13(27)14(24)30)25-26-16(28)17(21,22)23/h6-7,13H,1-5H2,(H2,24,30). The number of aryl methyl sites for hydroxylation is 1. The van der Waals surface area contributed by atoms with Gasteiger partial charge in [-0.25, -0.2) is 13.2 Å². The summed E-state index contributed by atoms with van der Waals surface area (Å²) in [5, 5.41) is 6.44. The van der Waals surface area contributed by atoms with E-state index in [-0.39, 0.29) is 37.9 Å². The maximum Gasteiger partial charge on any atom is 0.451 e. The number of hydrogen-bond donors (Lipinski definition) is 1. The van der Waals surface area contributed by atoms with Gasteiger partial charge in [0.05, 0.1) is 0 Å². The Balaban J connectivity index is 1.72. The maximum atomic E-state index is 13.7. The summed E-state index contributed by atoms with van der Waals surface area (Å²) in [6, 6.07) is -0.468. The van der Waals surface area contributed by atoms with Crippen LogP contribution in [0.2, 0.25) is 0 Å². The van der Waals surface area contributed by atoms with Crippen molar-refractivity contribution in [1.29, 1.82) is 0 Å². The number of fused-ring (bicyclic) bond motifs is 1. The van der Waals surface area contributed by atoms with E-state index in [0.717, 1.165) is 4.90 Å². The van der Waals surface area contributed by atoms with Crippen LogP contribution < -0.4 is 5.73 Å². The Kier molecular flexibility index (Phi) is 5.72. The van der Waals surface area contributed by atoms with Crippen LogP contribution in [-0.4, -0.2) is 38.0 Å². The maximum absolute atomic E-state index is 13.7. The number of carbonyl (C=O) groups is 2. The highest BCUT2D eigenvalue weighted by Crippen LogP contribution is 2.33. The van der Waals surface area contributed by atoms with E-state index in [2.05, 4.69) is 10.2 Å². The largest absolute Gasteiger partial charge is 0.451 e. The zero-order valence-electron chi connectivity index (χ0n) is 15.2. The first kappa shape index (κ1) is 21.6. The molecule has 0 fully saturated rings. The molecule has 1 unspecified atom stereocenters. The third kappa shape index (κ3) is 4.09. The molecule has 2 heterocycles. The fourth-order valence-electron chi connectivity index (χ4n) is 3.30. The van der Waals surface area contributed by atoms with E-state index in [4.69, 9.17) is 5.73 Å². The van der Waals surface area contributed by atoms with Gasteiger partial charge in [0.1, 0.15) is 5.82 Å². The number of benzene rings is 1. The van der Waals surface area contributed by atoms with Gasteiger partial charge in [-0.2, -0.15) is 13.2 Å². The zero-order valence-corrected chi connectivity index (χ0v) is 15.2. The molecule has 30 heavy (non-hydrogen) atoms. The fourth-order valence-corrected chi connectivity index (χ4v) is 3.30. The molecule has 1 aliphatic heterocycles. The van der Waals surface area contributed by atoms with Gasteiger partial charge in [-0.1, -0.05) is 0 Å². The Hall–Kier alpha value is -3.12. The molecule has 2 N–H and O–H groups in total. The average molecular weight is 435 g/mol. The van der Waals surface area contributed by atoms with Gasteiger partial charge in [-0.3, -0.25) is 9.59 Å². The van der Waals surface area contributed by atoms with Crippen LogP contribution in [-0.2, 0) is 28.7 Å². The molecule has 2 aromatic rings. The van der Waals surface area contributed by atoms with Crippen molar-refractivity contribution in [3.63, 3.8) is 0 Å². The van der Waals surface area contributed by atoms with E-state index < -0.39 is 53.1 Å². The van der Waals surface area contributed by atoms with Gasteiger partial charge < -0.3 is 15.2 Å². The lowest BCUT2D eigenvalue weighted by atomic mass is 10.1. The Morgan fingerprint density at radius 2 is 1.73 bits per heavy atom. The molecule has 1 aliphatic rings. The number of amides is 2. The quantitative estimate of drug-likeness (QED) is 0.575. The first-order valence-corrected chi connectivity index (χ1v) is 8.73. The molecule has 3 rings (SSSR count). The lowest BCUT2D eigenvalue weighted by molar-refractivity contribution is -0.149. The van der Waals surface area contributed by atoms with E-state index in [1.54, 1.807) is 0 Å². The van der Waals surface area contributed by atoms with Crippen molar-refractivity contribution in [2.45, 2.75) is 38.0 Å². The molecule has 0 aliphatic carbocycles. The molecule has 1 aromatic heterocycles. The summed E-state index contributed by atoms with van der Waals surface area (Å²) in [6.45, 7) is -0.551. The topological polar surface area (TPSA) is 94.1 Å². The number of nitrogens with two attached hydrogens (primary N) is 1. The minimum Gasteiger partial charge on any atom is -0.367 e. The fraction of sp³-hybridized carbons (Fsp3) is 0.412. The predicted octanol–water partition coefficient (Wildman–Crippen LogP) is 2.11. The highest BCUT2D eigenvalue weighted by atomic mass is 19.4. The molecule has 1 atom stereocenters. The molecule has 0 spiro atoms. The van der Waals surface area contributed by atoms with Crippen molar-refractivity contribution < 1.29 is 35.9 Å². The Morgan fingerprint density at radius 3 is 2.37 bits per heavy atom. The second-order valence-corrected chi connectivity index (χ2v) is 6.63. The minimum atomic E-state index is -4.80. The average Bonchev–Trinajstić information content (AvgIpc) is 3.09. The number of alkyl halides is 3. The molecule has 0 saturated carbocycles. The van der Waals surface area contributed by atoms with Gasteiger partial charge in [-0.05, 0) is 24.5 Å². The third-order valence-electron chi connectivity index (χ3n) is 4.67. The van der Waals surface area contributed by atoms with Crippen LogP contribution in [0.25, 0.3) is 0 Å². The van der Waals surface area contributed by atoms with E-state index >= 15 is 0 Å². The van der Waals surface area contributed by atoms with Crippen molar-refractivity contribution >= 4 is 11.8 Å². The molecule has 2 amide bonds. The number of rotatable bonds is 5. The number of aromatic nitrogens is 3. The number of carbonyl (C=O) groups excluding carboxylic acids is 2. The molecule has 0 saturated heterocycles. The molecule has 1 aromatic carbocycles. The summed E-state index contributed by atoms with van der Waals surface area (Å²) in [6.07, 6.45) is -5.11. The van der Waals surface area contributed by atoms with Crippen LogP contribution in [0.4, 0.5) is 26.3 Å². The summed E-state index contributed by atoms with van der Waals surface area (Å²) in [5.74, 6) is -6.97. The lowest BCUT2D eigenvalue weighted by Gasteiger charge is -2.34. The van der Waals surface area contributed by atoms with Crippen LogP contribution in [0.3, 0.4) is 0 Å². The molecular formula is C17H15F6N5O2. The Labute approximate surface area is 165 Å². The van der Waals surface area contributed by atoms with E-state index in [0.29, 0.717) is 16.7 Å². The summed E-state index contributed by atoms with van der Waals surface area (Å²) in [4.78, 5) is 25.4. The molecule has 13 heteroatoms. The van der Waals surface area contributed by atoms with E-state index in [1.807, 2.05) is 0 Å². The number of primary amides is 1. The minimum absolute atomic E-state index is 0.0172. The highest BCUT2D eigenvalue weighted by molar-refractivity contribution is 5.87. The Bertz CT molecular complexity index is 990. The smallest absolute Gasteiger partial charge is 0.367 e. The Morgan fingerprint density at radius 1 is 1.07 bits per heavy atom. The zero-order chi connectivity index (χ0) is 22.2. The SMILES string of the molecule is NC(=O)C1c2nnc(C(F)(F)F)n2CCN1C(=O)CCCc1cc(F)c(F)cc1F. The normalized spacial score (nSPS) is 16.5. The van der Waals surface area contributed by atoms with E-state index in [9.17, 15) is 35.9 Å². The number of hydrogen-bond acceptors (Lipinski definition) is 4. The van der Waals surface area contributed by atoms with Crippen molar-refractivity contribution in [3.8, 4) is 0 Å². The first-order chi connectivity index (χ1) is 14.0. The van der Waals surface area contributed by atoms with Crippen LogP contribution in [0, 0.1) is 17.5 Å². The van der Waals surface area contributed by atoms with Gasteiger partial charge in [0.15, 0.2) is 23.5 Å². The first-order valence-electron chi connectivity index (χ1n) is 8.73. The highest BCUT2D eigenvalue weighted by Gasteiger charge is 2.44. The molecule has 7 nitrogen and oxygen atoms in total. The van der Waals surface area contributed by atoms with Gasteiger partial charge in [0.2, 0.25) is 17.6 Å². The van der Waals surface area contributed by atoms with Crippen molar-refractivity contribution in [2.75, 3.05) is 6.54 Å². The second kappa shape index (κ2) is 7.95. The summed E-state index contributed by atoms with van der Waals surface area (Å²) >= 11 is 0. The van der Waals surface area contributed by atoms with Crippen LogP contribution >= 0.6 is 0 Å². The molecular weight excluding hydrogens is 420 g/mol. The predicted molar refractivity (Wildman–Crippen MR) is 87.9 cm³/mol. The monoisotopic (exact) mass is 435 g/mol. The van der Waals surface area contributed by atoms with Gasteiger partial charge >= 0.3 is 6.18 Å². The van der Waals surface area contributed by atoms with Crippen LogP contribution in [0.1, 0.15) is 36.1 Å². The second-order valence-electron chi connectivity index (χ2n) is 6.63. The summed E-state index contributed by atoms with van der Waals surface area (Å²) in [7, 11) is 0. The molecule has 0 radical (unpaired) electrons. The molecule has 0 bridgehead atoms. The number of halogens is 6. The van der Waals surface area contributed by atoms with Gasteiger partial charge in [-0.15, -0.1) is 10.2 Å². The van der Waals surface area contributed by atoms with Crippen LogP contribution in [0.5, 0.6) is 0 Å². The summed E-state index contributed by atoms with van der Waals surface area (Å²) < 4.78 is 79.6. The van der Waals surface area contributed by atoms with Crippen molar-refractivity contribution in [2.24, 2.45) is 5.73 Å². The van der Waals surface area contributed by atoms with Crippen molar-refractivity contribution in [1.82, 2.24) is 19.7 Å². The third-order valence-corrected chi connectivity index (χ3v) is 4.67. The number of nitrogens with zero attached hydrogens (tertiary/aromatic N) is 4. The van der Waals surface area contributed by atoms with Crippen molar-refractivity contribution in [3.05, 3.63) is 46.8 Å². The van der Waals surface area contributed by atoms with Crippen LogP contribution in [0.15, 0.2) is 12.1 Å².